The molecule has 2 amide bonds. The number of rotatable bonds is 5. The minimum Gasteiger partial charge on any atom is -0.504 e. The number of aliphatic imine (C=N–C) groups is 1. The standard InChI is InChI=1S/C22H21N3O6/c1-30-19-9-15-16(10-18(19)26)23-11-14-7-12-3-4-13(8-17(12)25(14)22(15)29)24-20(27)5-6-21(28)31-2/h3-4,8-11,14,26H,5-7H2,1-2H3,(H,24,27). The lowest BCUT2D eigenvalue weighted by Gasteiger charge is -2.22. The number of phenolic OH excluding ortho intramolecular Hbond substituents is 1. The molecule has 9 heteroatoms. The van der Waals surface area contributed by atoms with Crippen LogP contribution in [0.15, 0.2) is 35.3 Å². The molecule has 31 heavy (non-hydrogen) atoms. The second-order valence-electron chi connectivity index (χ2n) is 7.23. The van der Waals surface area contributed by atoms with E-state index < -0.39 is 5.97 Å². The Kier molecular flexibility index (Phi) is 5.33. The zero-order valence-corrected chi connectivity index (χ0v) is 17.0. The van der Waals surface area contributed by atoms with Gasteiger partial charge >= 0.3 is 5.97 Å². The van der Waals surface area contributed by atoms with Crippen LogP contribution in [-0.2, 0) is 20.7 Å². The predicted octanol–water partition coefficient (Wildman–Crippen LogP) is 2.58. The molecular weight excluding hydrogens is 402 g/mol. The van der Waals surface area contributed by atoms with Gasteiger partial charge in [-0.05, 0) is 23.8 Å². The predicted molar refractivity (Wildman–Crippen MR) is 113 cm³/mol. The molecule has 2 N–H and O–H groups in total. The van der Waals surface area contributed by atoms with Crippen LogP contribution in [0.3, 0.4) is 0 Å². The highest BCUT2D eigenvalue weighted by molar-refractivity contribution is 6.15. The number of carbonyl (C=O) groups is 3. The van der Waals surface area contributed by atoms with Gasteiger partial charge in [0.2, 0.25) is 5.91 Å². The fraction of sp³-hybridized carbons (Fsp3) is 0.273. The Bertz CT molecular complexity index is 1110. The maximum Gasteiger partial charge on any atom is 0.306 e. The van der Waals surface area contributed by atoms with Crippen LogP contribution < -0.4 is 15.0 Å². The molecule has 2 aliphatic rings. The fourth-order valence-electron chi connectivity index (χ4n) is 3.75. The number of methoxy groups -OCH3 is 2. The summed E-state index contributed by atoms with van der Waals surface area (Å²) in [5.41, 5.74) is 2.82. The van der Waals surface area contributed by atoms with Gasteiger partial charge in [-0.3, -0.25) is 24.3 Å². The zero-order valence-electron chi connectivity index (χ0n) is 17.0. The number of nitrogens with zero attached hydrogens (tertiary/aromatic N) is 2. The molecule has 1 atom stereocenters. The Morgan fingerprint density at radius 1 is 1.23 bits per heavy atom. The molecule has 0 aliphatic carbocycles. The number of benzene rings is 2. The smallest absolute Gasteiger partial charge is 0.306 e. The minimum absolute atomic E-state index is 0.00164. The fourth-order valence-corrected chi connectivity index (χ4v) is 3.75. The van der Waals surface area contributed by atoms with Crippen molar-refractivity contribution >= 4 is 41.1 Å². The van der Waals surface area contributed by atoms with Crippen molar-refractivity contribution in [1.29, 1.82) is 0 Å². The van der Waals surface area contributed by atoms with Gasteiger partial charge in [0.15, 0.2) is 11.5 Å². The number of amides is 2. The molecule has 2 heterocycles. The van der Waals surface area contributed by atoms with Crippen molar-refractivity contribution in [3.05, 3.63) is 41.5 Å². The third kappa shape index (κ3) is 3.81. The van der Waals surface area contributed by atoms with Gasteiger partial charge in [0.05, 0.1) is 43.6 Å². The summed E-state index contributed by atoms with van der Waals surface area (Å²) >= 11 is 0. The summed E-state index contributed by atoms with van der Waals surface area (Å²) in [5.74, 6) is -0.961. The van der Waals surface area contributed by atoms with E-state index in [9.17, 15) is 19.5 Å². The van der Waals surface area contributed by atoms with E-state index in [2.05, 4.69) is 15.0 Å². The Morgan fingerprint density at radius 2 is 2.03 bits per heavy atom. The quantitative estimate of drug-likeness (QED) is 0.714. The Labute approximate surface area is 178 Å². The van der Waals surface area contributed by atoms with Gasteiger partial charge in [-0.1, -0.05) is 6.07 Å². The van der Waals surface area contributed by atoms with Crippen LogP contribution in [0.4, 0.5) is 17.1 Å². The number of phenols is 1. The van der Waals surface area contributed by atoms with E-state index in [4.69, 9.17) is 4.74 Å². The van der Waals surface area contributed by atoms with E-state index in [1.54, 1.807) is 23.2 Å². The Morgan fingerprint density at radius 3 is 2.77 bits per heavy atom. The van der Waals surface area contributed by atoms with Crippen molar-refractivity contribution in [3.8, 4) is 11.5 Å². The summed E-state index contributed by atoms with van der Waals surface area (Å²) in [4.78, 5) is 42.8. The van der Waals surface area contributed by atoms with Crippen LogP contribution in [-0.4, -0.2) is 49.4 Å². The number of fused-ring (bicyclic) bond motifs is 4. The van der Waals surface area contributed by atoms with E-state index in [1.165, 1.54) is 26.4 Å². The van der Waals surface area contributed by atoms with Gasteiger partial charge in [0.25, 0.3) is 5.91 Å². The van der Waals surface area contributed by atoms with Crippen molar-refractivity contribution in [2.45, 2.75) is 25.3 Å². The van der Waals surface area contributed by atoms with Gasteiger partial charge in [-0.15, -0.1) is 0 Å². The summed E-state index contributed by atoms with van der Waals surface area (Å²) in [5, 5.41) is 12.8. The summed E-state index contributed by atoms with van der Waals surface area (Å²) in [6.07, 6.45) is 2.25. The number of nitrogens with one attached hydrogen (secondary N) is 1. The summed E-state index contributed by atoms with van der Waals surface area (Å²) in [6.45, 7) is 0. The first-order valence-corrected chi connectivity index (χ1v) is 9.69. The lowest BCUT2D eigenvalue weighted by molar-refractivity contribution is -0.141. The van der Waals surface area contributed by atoms with E-state index in [1.807, 2.05) is 6.07 Å². The van der Waals surface area contributed by atoms with E-state index >= 15 is 0 Å². The highest BCUT2D eigenvalue weighted by Crippen LogP contribution is 2.41. The molecule has 0 radical (unpaired) electrons. The monoisotopic (exact) mass is 423 g/mol. The van der Waals surface area contributed by atoms with Gasteiger partial charge in [-0.25, -0.2) is 0 Å². The van der Waals surface area contributed by atoms with Gasteiger partial charge in [0, 0.05) is 30.8 Å². The highest BCUT2D eigenvalue weighted by atomic mass is 16.5. The average Bonchev–Trinajstić information content (AvgIpc) is 3.06. The Hall–Kier alpha value is -3.88. The first-order valence-electron chi connectivity index (χ1n) is 9.69. The van der Waals surface area contributed by atoms with Crippen molar-refractivity contribution < 1.29 is 29.0 Å². The molecule has 4 rings (SSSR count). The average molecular weight is 423 g/mol. The van der Waals surface area contributed by atoms with E-state index in [0.29, 0.717) is 29.0 Å². The van der Waals surface area contributed by atoms with Crippen LogP contribution in [0, 0.1) is 0 Å². The minimum atomic E-state index is -0.457. The molecule has 2 aromatic carbocycles. The molecule has 0 saturated carbocycles. The third-order valence-corrected chi connectivity index (χ3v) is 5.31. The largest absolute Gasteiger partial charge is 0.504 e. The molecule has 0 saturated heterocycles. The zero-order chi connectivity index (χ0) is 22.1. The second kappa shape index (κ2) is 8.10. The number of hydrogen-bond donors (Lipinski definition) is 2. The van der Waals surface area contributed by atoms with Gasteiger partial charge in [0.1, 0.15) is 0 Å². The number of ether oxygens (including phenoxy) is 2. The lowest BCUT2D eigenvalue weighted by Crippen LogP contribution is -2.37. The summed E-state index contributed by atoms with van der Waals surface area (Å²) in [7, 11) is 2.68. The highest BCUT2D eigenvalue weighted by Gasteiger charge is 2.36. The maximum absolute atomic E-state index is 13.4. The molecule has 0 spiro atoms. The summed E-state index contributed by atoms with van der Waals surface area (Å²) < 4.78 is 9.69. The van der Waals surface area contributed by atoms with Crippen molar-refractivity contribution in [3.63, 3.8) is 0 Å². The third-order valence-electron chi connectivity index (χ3n) is 5.31. The lowest BCUT2D eigenvalue weighted by atomic mass is 10.1. The number of carbonyl (C=O) groups excluding carboxylic acids is 3. The van der Waals surface area contributed by atoms with Gasteiger partial charge < -0.3 is 19.9 Å². The number of esters is 1. The molecule has 2 aromatic rings. The first-order chi connectivity index (χ1) is 14.9. The van der Waals surface area contributed by atoms with Crippen LogP contribution in [0.5, 0.6) is 11.5 Å². The molecule has 0 bridgehead atoms. The van der Waals surface area contributed by atoms with Crippen molar-refractivity contribution in [1.82, 2.24) is 0 Å². The normalized spacial score (nSPS) is 16.1. The van der Waals surface area contributed by atoms with Crippen LogP contribution in [0.2, 0.25) is 0 Å². The molecule has 160 valence electrons. The van der Waals surface area contributed by atoms with E-state index in [-0.39, 0.29) is 42.2 Å². The first kappa shape index (κ1) is 20.4. The SMILES string of the molecule is COC(=O)CCC(=O)Nc1ccc2c(c1)N1C(=O)c3cc(OC)c(O)cc3N=CC1C2. The van der Waals surface area contributed by atoms with Crippen LogP contribution in [0.25, 0.3) is 0 Å². The number of aromatic hydroxyl groups is 1. The number of anilines is 2. The molecule has 0 aromatic heterocycles. The van der Waals surface area contributed by atoms with Crippen LogP contribution >= 0.6 is 0 Å². The molecule has 2 aliphatic heterocycles. The van der Waals surface area contributed by atoms with Crippen molar-refractivity contribution in [2.75, 3.05) is 24.4 Å². The van der Waals surface area contributed by atoms with Crippen molar-refractivity contribution in [2.24, 2.45) is 4.99 Å². The Balaban J connectivity index is 1.61. The second-order valence-corrected chi connectivity index (χ2v) is 7.23. The van der Waals surface area contributed by atoms with Crippen LogP contribution in [0.1, 0.15) is 28.8 Å². The molecule has 1 unspecified atom stereocenters. The molecular formula is C22H21N3O6. The van der Waals surface area contributed by atoms with E-state index in [0.717, 1.165) is 5.56 Å². The van der Waals surface area contributed by atoms with Gasteiger partial charge in [-0.2, -0.15) is 0 Å². The maximum atomic E-state index is 13.4. The molecule has 0 fully saturated rings. The topological polar surface area (TPSA) is 118 Å². The summed E-state index contributed by atoms with van der Waals surface area (Å²) in [6, 6.07) is 7.96. The number of hydrogen-bond acceptors (Lipinski definition) is 7. The molecule has 9 nitrogen and oxygen atoms in total.